The Bertz CT molecular complexity index is 1020. The molecule has 6 nitrogen and oxygen atoms in total. The predicted molar refractivity (Wildman–Crippen MR) is 128 cm³/mol. The maximum atomic E-state index is 13.4. The van der Waals surface area contributed by atoms with E-state index in [-0.39, 0.29) is 17.5 Å². The smallest absolute Gasteiger partial charge is 0.270 e. The number of fused-ring (bicyclic) bond motifs is 1. The van der Waals surface area contributed by atoms with Gasteiger partial charge in [0.1, 0.15) is 11.4 Å². The quantitative estimate of drug-likeness (QED) is 0.557. The number of benzene rings is 1. The number of aromatic amines is 1. The second kappa shape index (κ2) is 9.33. The molecule has 0 radical (unpaired) electrons. The van der Waals surface area contributed by atoms with E-state index in [1.54, 1.807) is 13.3 Å². The standard InChI is InChI=1S/C26H34N4O2/c1-5-30(25(31)24-17-23-22(28-24)10-7-15-27-23)20-9-6-8-19(16-20)29-26(2,3)18-11-13-21(32-4)14-12-18/h7,10-15,17,19-20,28-29H,5-6,8-9,16H2,1-4H3/t19-,20-/m0/s1. The highest BCUT2D eigenvalue weighted by Gasteiger charge is 2.33. The second-order valence-electron chi connectivity index (χ2n) is 9.23. The zero-order valence-corrected chi connectivity index (χ0v) is 19.5. The molecular weight excluding hydrogens is 400 g/mol. The van der Waals surface area contributed by atoms with E-state index in [0.717, 1.165) is 42.5 Å². The molecule has 4 rings (SSSR count). The Morgan fingerprint density at radius 2 is 2.03 bits per heavy atom. The van der Waals surface area contributed by atoms with Crippen LogP contribution in [0.2, 0.25) is 0 Å². The molecule has 3 aromatic rings. The van der Waals surface area contributed by atoms with Crippen molar-refractivity contribution in [3.8, 4) is 5.75 Å². The Kier molecular flexibility index (Phi) is 6.51. The molecule has 32 heavy (non-hydrogen) atoms. The molecule has 0 aliphatic heterocycles. The van der Waals surface area contributed by atoms with Crippen LogP contribution in [-0.4, -0.2) is 46.5 Å². The molecule has 1 aliphatic rings. The van der Waals surface area contributed by atoms with Gasteiger partial charge in [-0.2, -0.15) is 0 Å². The summed E-state index contributed by atoms with van der Waals surface area (Å²) >= 11 is 0. The first-order valence-corrected chi connectivity index (χ1v) is 11.6. The minimum atomic E-state index is -0.164. The van der Waals surface area contributed by atoms with E-state index in [4.69, 9.17) is 4.74 Å². The van der Waals surface area contributed by atoms with Crippen molar-refractivity contribution < 1.29 is 9.53 Å². The van der Waals surface area contributed by atoms with Gasteiger partial charge in [-0.1, -0.05) is 12.1 Å². The number of carbonyl (C=O) groups excluding carboxylic acids is 1. The van der Waals surface area contributed by atoms with Crippen molar-refractivity contribution in [2.45, 2.75) is 64.1 Å². The highest BCUT2D eigenvalue weighted by Crippen LogP contribution is 2.29. The van der Waals surface area contributed by atoms with Crippen LogP contribution in [0.3, 0.4) is 0 Å². The van der Waals surface area contributed by atoms with Crippen LogP contribution >= 0.6 is 0 Å². The van der Waals surface area contributed by atoms with Crippen molar-refractivity contribution in [1.82, 2.24) is 20.2 Å². The summed E-state index contributed by atoms with van der Waals surface area (Å²) in [7, 11) is 1.69. The first kappa shape index (κ1) is 22.3. The molecule has 2 aromatic heterocycles. The van der Waals surface area contributed by atoms with Gasteiger partial charge >= 0.3 is 0 Å². The molecule has 1 fully saturated rings. The number of hydrogen-bond donors (Lipinski definition) is 2. The maximum Gasteiger partial charge on any atom is 0.270 e. The van der Waals surface area contributed by atoms with E-state index >= 15 is 0 Å². The number of nitrogens with one attached hydrogen (secondary N) is 2. The van der Waals surface area contributed by atoms with Crippen LogP contribution < -0.4 is 10.1 Å². The van der Waals surface area contributed by atoms with E-state index < -0.39 is 0 Å². The van der Waals surface area contributed by atoms with Gasteiger partial charge in [-0.15, -0.1) is 0 Å². The van der Waals surface area contributed by atoms with Gasteiger partial charge in [-0.25, -0.2) is 0 Å². The van der Waals surface area contributed by atoms with Gasteiger partial charge in [0.15, 0.2) is 0 Å². The monoisotopic (exact) mass is 434 g/mol. The van der Waals surface area contributed by atoms with Crippen molar-refractivity contribution in [3.63, 3.8) is 0 Å². The van der Waals surface area contributed by atoms with E-state index in [1.165, 1.54) is 5.56 Å². The van der Waals surface area contributed by atoms with Gasteiger partial charge < -0.3 is 19.9 Å². The van der Waals surface area contributed by atoms with Crippen molar-refractivity contribution in [2.24, 2.45) is 0 Å². The number of aromatic nitrogens is 2. The van der Waals surface area contributed by atoms with Crippen LogP contribution in [0, 0.1) is 0 Å². The largest absolute Gasteiger partial charge is 0.497 e. The second-order valence-corrected chi connectivity index (χ2v) is 9.23. The molecule has 2 atom stereocenters. The van der Waals surface area contributed by atoms with Gasteiger partial charge in [0, 0.05) is 30.4 Å². The molecule has 1 amide bonds. The molecule has 170 valence electrons. The number of nitrogens with zero attached hydrogens (tertiary/aromatic N) is 2. The van der Waals surface area contributed by atoms with E-state index in [2.05, 4.69) is 48.2 Å². The number of H-pyrrole nitrogens is 1. The molecule has 2 heterocycles. The normalized spacial score (nSPS) is 19.1. The Labute approximate surface area is 190 Å². The van der Waals surface area contributed by atoms with Crippen LogP contribution in [0.5, 0.6) is 5.75 Å². The van der Waals surface area contributed by atoms with E-state index in [9.17, 15) is 4.79 Å². The highest BCUT2D eigenvalue weighted by atomic mass is 16.5. The zero-order chi connectivity index (χ0) is 22.7. The average Bonchev–Trinajstić information content (AvgIpc) is 3.24. The van der Waals surface area contributed by atoms with Crippen LogP contribution in [0.15, 0.2) is 48.7 Å². The minimum Gasteiger partial charge on any atom is -0.497 e. The highest BCUT2D eigenvalue weighted by molar-refractivity contribution is 5.97. The first-order chi connectivity index (χ1) is 15.4. The zero-order valence-electron chi connectivity index (χ0n) is 19.5. The summed E-state index contributed by atoms with van der Waals surface area (Å²) in [5, 5.41) is 3.86. The molecule has 1 saturated carbocycles. The molecular formula is C26H34N4O2. The summed E-state index contributed by atoms with van der Waals surface area (Å²) in [6.07, 6.45) is 5.98. The molecule has 0 saturated heterocycles. The number of amides is 1. The van der Waals surface area contributed by atoms with Crippen LogP contribution in [0.1, 0.15) is 62.5 Å². The van der Waals surface area contributed by atoms with Crippen LogP contribution in [-0.2, 0) is 5.54 Å². The molecule has 1 aromatic carbocycles. The maximum absolute atomic E-state index is 13.4. The lowest BCUT2D eigenvalue weighted by atomic mass is 9.86. The summed E-state index contributed by atoms with van der Waals surface area (Å²) in [5.41, 5.74) is 3.42. The third-order valence-corrected chi connectivity index (χ3v) is 6.68. The lowest BCUT2D eigenvalue weighted by Gasteiger charge is -2.40. The predicted octanol–water partition coefficient (Wildman–Crippen LogP) is 4.87. The Morgan fingerprint density at radius 3 is 2.72 bits per heavy atom. The van der Waals surface area contributed by atoms with Crippen molar-refractivity contribution in [2.75, 3.05) is 13.7 Å². The number of methoxy groups -OCH3 is 1. The molecule has 6 heteroatoms. The SMILES string of the molecule is CCN(C(=O)c1cc2ncccc2[nH]1)[C@H]1CCC[C@H](NC(C)(C)c2ccc(OC)cc2)C1. The fourth-order valence-electron chi connectivity index (χ4n) is 4.97. The van der Waals surface area contributed by atoms with Gasteiger partial charge in [-0.3, -0.25) is 9.78 Å². The van der Waals surface area contributed by atoms with Crippen molar-refractivity contribution in [3.05, 3.63) is 59.9 Å². The summed E-state index contributed by atoms with van der Waals surface area (Å²) in [6.45, 7) is 7.20. The third kappa shape index (κ3) is 4.65. The fourth-order valence-corrected chi connectivity index (χ4v) is 4.97. The topological polar surface area (TPSA) is 70.2 Å². The lowest BCUT2D eigenvalue weighted by molar-refractivity contribution is 0.0614. The van der Waals surface area contributed by atoms with Gasteiger partial charge in [0.25, 0.3) is 5.91 Å². The van der Waals surface area contributed by atoms with Crippen LogP contribution in [0.25, 0.3) is 11.0 Å². The lowest BCUT2D eigenvalue weighted by Crippen LogP contribution is -2.51. The van der Waals surface area contributed by atoms with Crippen LogP contribution in [0.4, 0.5) is 0 Å². The van der Waals surface area contributed by atoms with Gasteiger partial charge in [-0.05, 0) is 82.3 Å². The minimum absolute atomic E-state index is 0.0607. The van der Waals surface area contributed by atoms with Gasteiger partial charge in [0.2, 0.25) is 0 Å². The van der Waals surface area contributed by atoms with Gasteiger partial charge in [0.05, 0.1) is 18.1 Å². The Hall–Kier alpha value is -2.86. The molecule has 0 spiro atoms. The fraction of sp³-hybridized carbons (Fsp3) is 0.462. The molecule has 0 unspecified atom stereocenters. The number of carbonyl (C=O) groups is 1. The van der Waals surface area contributed by atoms with Crippen molar-refractivity contribution in [1.29, 1.82) is 0 Å². The van der Waals surface area contributed by atoms with Crippen molar-refractivity contribution >= 4 is 16.9 Å². The third-order valence-electron chi connectivity index (χ3n) is 6.68. The number of ether oxygens (including phenoxy) is 1. The molecule has 1 aliphatic carbocycles. The Morgan fingerprint density at radius 1 is 1.25 bits per heavy atom. The molecule has 0 bridgehead atoms. The summed E-state index contributed by atoms with van der Waals surface area (Å²) in [4.78, 5) is 23.0. The summed E-state index contributed by atoms with van der Waals surface area (Å²) in [5.74, 6) is 0.928. The molecule has 2 N–H and O–H groups in total. The number of hydrogen-bond acceptors (Lipinski definition) is 4. The summed E-state index contributed by atoms with van der Waals surface area (Å²) < 4.78 is 5.30. The first-order valence-electron chi connectivity index (χ1n) is 11.6. The van der Waals surface area contributed by atoms with E-state index in [0.29, 0.717) is 18.3 Å². The average molecular weight is 435 g/mol. The number of pyridine rings is 1. The summed E-state index contributed by atoms with van der Waals surface area (Å²) in [6, 6.07) is 14.6. The Balaban J connectivity index is 1.46. The van der Waals surface area contributed by atoms with E-state index in [1.807, 2.05) is 35.2 Å². The number of rotatable bonds is 7.